The van der Waals surface area contributed by atoms with Gasteiger partial charge in [-0.1, -0.05) is 30.3 Å². The van der Waals surface area contributed by atoms with Crippen molar-refractivity contribution in [2.75, 3.05) is 6.26 Å². The molecule has 1 N–H and O–H groups in total. The van der Waals surface area contributed by atoms with Crippen LogP contribution in [-0.2, 0) is 0 Å². The Morgan fingerprint density at radius 2 is 1.74 bits per heavy atom. The number of hydrogen-bond donors (Lipinski definition) is 1. The summed E-state index contributed by atoms with van der Waals surface area (Å²) in [6.45, 7) is 0. The van der Waals surface area contributed by atoms with E-state index in [4.69, 9.17) is 0 Å². The average molecular weight is 267 g/mol. The molecule has 0 aliphatic heterocycles. The van der Waals surface area contributed by atoms with Crippen LogP contribution in [0.5, 0.6) is 0 Å². The third kappa shape index (κ3) is 2.06. The molecule has 2 aromatic carbocycles. The van der Waals surface area contributed by atoms with Gasteiger partial charge in [0.25, 0.3) is 0 Å². The van der Waals surface area contributed by atoms with Gasteiger partial charge in [-0.3, -0.25) is 4.79 Å². The van der Waals surface area contributed by atoms with Gasteiger partial charge >= 0.3 is 0 Å². The van der Waals surface area contributed by atoms with Crippen LogP contribution in [0.25, 0.3) is 10.9 Å². The van der Waals surface area contributed by atoms with Gasteiger partial charge in [-0.15, -0.1) is 11.8 Å². The molecule has 0 saturated heterocycles. The fourth-order valence-corrected chi connectivity index (χ4v) is 2.83. The number of carbonyl (C=O) groups is 1. The first-order valence-electron chi connectivity index (χ1n) is 6.05. The fraction of sp³-hybridized carbons (Fsp3) is 0.0625. The summed E-state index contributed by atoms with van der Waals surface area (Å²) in [5, 5.41) is 0.975. The molecule has 1 heterocycles. The van der Waals surface area contributed by atoms with Crippen LogP contribution in [0.4, 0.5) is 0 Å². The minimum Gasteiger partial charge on any atom is -0.360 e. The molecule has 0 bridgehead atoms. The molecule has 0 fully saturated rings. The standard InChI is InChI=1S/C16H13NOS/c1-19-15-9-5-3-7-12(15)16(18)13-10-17-14-8-4-2-6-11(13)14/h2-10,17H,1H3. The summed E-state index contributed by atoms with van der Waals surface area (Å²) in [5.41, 5.74) is 2.49. The van der Waals surface area contributed by atoms with Gasteiger partial charge in [0.2, 0.25) is 0 Å². The number of rotatable bonds is 3. The molecule has 3 rings (SSSR count). The number of hydrogen-bond acceptors (Lipinski definition) is 2. The molecule has 0 radical (unpaired) electrons. The van der Waals surface area contributed by atoms with E-state index in [1.807, 2.05) is 54.8 Å². The first kappa shape index (κ1) is 12.1. The van der Waals surface area contributed by atoms with Gasteiger partial charge in [0.1, 0.15) is 0 Å². The molecular weight excluding hydrogens is 254 g/mol. The highest BCUT2D eigenvalue weighted by Gasteiger charge is 2.16. The number of carbonyl (C=O) groups excluding carboxylic acids is 1. The van der Waals surface area contributed by atoms with E-state index in [-0.39, 0.29) is 5.78 Å². The Labute approximate surface area is 115 Å². The number of aromatic nitrogens is 1. The van der Waals surface area contributed by atoms with Crippen LogP contribution in [0.2, 0.25) is 0 Å². The molecule has 0 unspecified atom stereocenters. The third-order valence-electron chi connectivity index (χ3n) is 3.19. The van der Waals surface area contributed by atoms with E-state index in [1.54, 1.807) is 18.0 Å². The largest absolute Gasteiger partial charge is 0.360 e. The van der Waals surface area contributed by atoms with Crippen molar-refractivity contribution >= 4 is 28.4 Å². The second-order valence-corrected chi connectivity index (χ2v) is 5.13. The Morgan fingerprint density at radius 3 is 2.58 bits per heavy atom. The number of aromatic amines is 1. The van der Waals surface area contributed by atoms with Crippen molar-refractivity contribution in [2.24, 2.45) is 0 Å². The number of H-pyrrole nitrogens is 1. The van der Waals surface area contributed by atoms with Crippen molar-refractivity contribution in [2.45, 2.75) is 4.90 Å². The minimum absolute atomic E-state index is 0.0717. The number of ketones is 1. The molecule has 0 aliphatic carbocycles. The van der Waals surface area contributed by atoms with Crippen LogP contribution < -0.4 is 0 Å². The third-order valence-corrected chi connectivity index (χ3v) is 3.98. The average Bonchev–Trinajstić information content (AvgIpc) is 2.90. The minimum atomic E-state index is 0.0717. The Morgan fingerprint density at radius 1 is 1.00 bits per heavy atom. The van der Waals surface area contributed by atoms with Crippen molar-refractivity contribution in [3.8, 4) is 0 Å². The van der Waals surface area contributed by atoms with Crippen LogP contribution in [0.15, 0.2) is 59.6 Å². The van der Waals surface area contributed by atoms with E-state index in [9.17, 15) is 4.79 Å². The zero-order valence-electron chi connectivity index (χ0n) is 10.5. The molecule has 0 saturated carbocycles. The predicted octanol–water partition coefficient (Wildman–Crippen LogP) is 4.12. The van der Waals surface area contributed by atoms with Crippen molar-refractivity contribution in [3.63, 3.8) is 0 Å². The SMILES string of the molecule is CSc1ccccc1C(=O)c1c[nH]c2ccccc12. The number of benzene rings is 2. The van der Waals surface area contributed by atoms with Gasteiger partial charge in [0.05, 0.1) is 0 Å². The highest BCUT2D eigenvalue weighted by atomic mass is 32.2. The molecule has 0 aliphatic rings. The highest BCUT2D eigenvalue weighted by Crippen LogP contribution is 2.26. The van der Waals surface area contributed by atoms with Gasteiger partial charge in [0.15, 0.2) is 5.78 Å². The molecule has 0 spiro atoms. The Balaban J connectivity index is 2.14. The maximum absolute atomic E-state index is 12.7. The van der Waals surface area contributed by atoms with Crippen LogP contribution in [0.3, 0.4) is 0 Å². The van der Waals surface area contributed by atoms with E-state index in [0.717, 1.165) is 26.9 Å². The lowest BCUT2D eigenvalue weighted by molar-refractivity contribution is 0.103. The topological polar surface area (TPSA) is 32.9 Å². The van der Waals surface area contributed by atoms with E-state index < -0.39 is 0 Å². The second-order valence-electron chi connectivity index (χ2n) is 4.28. The smallest absolute Gasteiger partial charge is 0.196 e. The second kappa shape index (κ2) is 4.94. The van der Waals surface area contributed by atoms with Crippen molar-refractivity contribution < 1.29 is 4.79 Å². The highest BCUT2D eigenvalue weighted by molar-refractivity contribution is 7.98. The van der Waals surface area contributed by atoms with E-state index in [2.05, 4.69) is 4.98 Å². The Bertz CT molecular complexity index is 745. The van der Waals surface area contributed by atoms with E-state index in [0.29, 0.717) is 0 Å². The molecule has 0 atom stereocenters. The summed E-state index contributed by atoms with van der Waals surface area (Å²) in [6.07, 6.45) is 3.78. The summed E-state index contributed by atoms with van der Waals surface area (Å²) < 4.78 is 0. The van der Waals surface area contributed by atoms with Gasteiger partial charge < -0.3 is 4.98 Å². The molecule has 1 aromatic heterocycles. The van der Waals surface area contributed by atoms with Crippen molar-refractivity contribution in [1.29, 1.82) is 0 Å². The summed E-state index contributed by atoms with van der Waals surface area (Å²) in [4.78, 5) is 16.8. The first-order chi connectivity index (χ1) is 9.31. The number of fused-ring (bicyclic) bond motifs is 1. The number of para-hydroxylation sites is 1. The molecule has 94 valence electrons. The monoisotopic (exact) mass is 267 g/mol. The van der Waals surface area contributed by atoms with Gasteiger partial charge in [-0.05, 0) is 24.5 Å². The van der Waals surface area contributed by atoms with Gasteiger partial charge in [-0.25, -0.2) is 0 Å². The summed E-state index contributed by atoms with van der Waals surface area (Å²) in [5.74, 6) is 0.0717. The number of thioether (sulfide) groups is 1. The normalized spacial score (nSPS) is 10.8. The fourth-order valence-electron chi connectivity index (χ4n) is 2.24. The number of nitrogens with one attached hydrogen (secondary N) is 1. The Kier molecular flexibility index (Phi) is 3.13. The quantitative estimate of drug-likeness (QED) is 0.572. The maximum atomic E-state index is 12.7. The summed E-state index contributed by atoms with van der Waals surface area (Å²) in [7, 11) is 0. The van der Waals surface area contributed by atoms with Crippen LogP contribution >= 0.6 is 11.8 Å². The maximum Gasteiger partial charge on any atom is 0.196 e. The molecular formula is C16H13NOS. The van der Waals surface area contributed by atoms with Crippen molar-refractivity contribution in [3.05, 3.63) is 65.9 Å². The van der Waals surface area contributed by atoms with Crippen molar-refractivity contribution in [1.82, 2.24) is 4.98 Å². The van der Waals surface area contributed by atoms with Gasteiger partial charge in [-0.2, -0.15) is 0 Å². The predicted molar refractivity (Wildman–Crippen MR) is 80.0 cm³/mol. The zero-order valence-corrected chi connectivity index (χ0v) is 11.3. The molecule has 0 amide bonds. The van der Waals surface area contributed by atoms with Crippen LogP contribution in [0.1, 0.15) is 15.9 Å². The summed E-state index contributed by atoms with van der Waals surface area (Å²) in [6, 6.07) is 15.6. The molecule has 19 heavy (non-hydrogen) atoms. The Hall–Kier alpha value is -2.00. The van der Waals surface area contributed by atoms with Gasteiger partial charge in [0, 0.05) is 33.1 Å². The summed E-state index contributed by atoms with van der Waals surface area (Å²) >= 11 is 1.60. The van der Waals surface area contributed by atoms with Crippen LogP contribution in [0, 0.1) is 0 Å². The van der Waals surface area contributed by atoms with Crippen LogP contribution in [-0.4, -0.2) is 17.0 Å². The van der Waals surface area contributed by atoms with E-state index >= 15 is 0 Å². The molecule has 3 heteroatoms. The molecule has 2 nitrogen and oxygen atoms in total. The zero-order chi connectivity index (χ0) is 13.2. The lowest BCUT2D eigenvalue weighted by Crippen LogP contribution is -2.02. The lowest BCUT2D eigenvalue weighted by Gasteiger charge is -2.05. The molecule has 3 aromatic rings. The first-order valence-corrected chi connectivity index (χ1v) is 7.27. The lowest BCUT2D eigenvalue weighted by atomic mass is 10.0. The van der Waals surface area contributed by atoms with E-state index in [1.165, 1.54) is 0 Å².